The van der Waals surface area contributed by atoms with Crippen molar-refractivity contribution in [2.75, 3.05) is 38.2 Å². The fraction of sp³-hybridized carbons (Fsp3) is 0.357. The highest BCUT2D eigenvalue weighted by Crippen LogP contribution is 2.24. The summed E-state index contributed by atoms with van der Waals surface area (Å²) in [6.07, 6.45) is 3.17. The Hall–Kier alpha value is -2.09. The molecule has 1 saturated heterocycles. The molecule has 2 aromatic rings. The van der Waals surface area contributed by atoms with Gasteiger partial charge in [-0.2, -0.15) is 4.98 Å². The summed E-state index contributed by atoms with van der Waals surface area (Å²) in [5, 5.41) is 0. The lowest BCUT2D eigenvalue weighted by atomic mass is 10.3. The third-order valence-electron chi connectivity index (χ3n) is 3.47. The highest BCUT2D eigenvalue weighted by Gasteiger charge is 2.25. The maximum Gasteiger partial charge on any atom is 0.289 e. The van der Waals surface area contributed by atoms with Gasteiger partial charge in [-0.05, 0) is 28.1 Å². The van der Waals surface area contributed by atoms with Crippen LogP contribution < -0.4 is 9.64 Å². The zero-order chi connectivity index (χ0) is 15.5. The molecule has 0 aromatic carbocycles. The van der Waals surface area contributed by atoms with Gasteiger partial charge >= 0.3 is 0 Å². The largest absolute Gasteiger partial charge is 0.480 e. The number of carbonyl (C=O) groups excluding carboxylic acids is 1. The van der Waals surface area contributed by atoms with Crippen LogP contribution >= 0.6 is 15.9 Å². The first kappa shape index (κ1) is 14.8. The van der Waals surface area contributed by atoms with Crippen LogP contribution in [-0.2, 0) is 0 Å². The molecule has 22 heavy (non-hydrogen) atoms. The second-order valence-corrected chi connectivity index (χ2v) is 5.64. The molecule has 1 amide bonds. The molecule has 0 bridgehead atoms. The van der Waals surface area contributed by atoms with Gasteiger partial charge in [0.05, 0.1) is 24.0 Å². The number of aromatic nitrogens is 2. The molecule has 0 unspecified atom stereocenters. The first-order chi connectivity index (χ1) is 10.7. The van der Waals surface area contributed by atoms with E-state index in [-0.39, 0.29) is 5.91 Å². The maximum absolute atomic E-state index is 12.2. The maximum atomic E-state index is 12.2. The molecule has 0 aliphatic carbocycles. The lowest BCUT2D eigenvalue weighted by molar-refractivity contribution is 0.0714. The number of anilines is 1. The second kappa shape index (κ2) is 6.35. The van der Waals surface area contributed by atoms with Crippen molar-refractivity contribution < 1.29 is 13.9 Å². The lowest BCUT2D eigenvalue weighted by Gasteiger charge is -2.34. The Morgan fingerprint density at radius 3 is 2.77 bits per heavy atom. The molecule has 8 heteroatoms. The van der Waals surface area contributed by atoms with Crippen LogP contribution in [0.2, 0.25) is 0 Å². The van der Waals surface area contributed by atoms with Crippen LogP contribution in [0.3, 0.4) is 0 Å². The Morgan fingerprint density at radius 1 is 1.36 bits per heavy atom. The SMILES string of the molecule is COc1nc(N2CCN(C(=O)c3ccco3)CC2)ncc1Br. The van der Waals surface area contributed by atoms with Gasteiger partial charge in [0.25, 0.3) is 5.91 Å². The minimum absolute atomic E-state index is 0.0843. The predicted octanol–water partition coefficient (Wildman–Crippen LogP) is 1.80. The van der Waals surface area contributed by atoms with Crippen molar-refractivity contribution in [3.8, 4) is 5.88 Å². The van der Waals surface area contributed by atoms with Crippen molar-refractivity contribution in [2.45, 2.75) is 0 Å². The molecule has 2 aromatic heterocycles. The van der Waals surface area contributed by atoms with Gasteiger partial charge in [-0.3, -0.25) is 4.79 Å². The number of hydrogen-bond donors (Lipinski definition) is 0. The highest BCUT2D eigenvalue weighted by atomic mass is 79.9. The van der Waals surface area contributed by atoms with Gasteiger partial charge in [-0.15, -0.1) is 0 Å². The summed E-state index contributed by atoms with van der Waals surface area (Å²) in [4.78, 5) is 24.7. The van der Waals surface area contributed by atoms with Gasteiger partial charge < -0.3 is 19.0 Å². The zero-order valence-electron chi connectivity index (χ0n) is 12.0. The van der Waals surface area contributed by atoms with Crippen LogP contribution in [0, 0.1) is 0 Å². The number of methoxy groups -OCH3 is 1. The van der Waals surface area contributed by atoms with Crippen molar-refractivity contribution in [2.24, 2.45) is 0 Å². The Kier molecular flexibility index (Phi) is 4.28. The molecule has 1 aliphatic heterocycles. The summed E-state index contributed by atoms with van der Waals surface area (Å²) in [5.74, 6) is 1.39. The number of carbonyl (C=O) groups is 1. The van der Waals surface area contributed by atoms with Gasteiger partial charge in [0.15, 0.2) is 5.76 Å². The second-order valence-electron chi connectivity index (χ2n) is 4.78. The number of halogens is 1. The van der Waals surface area contributed by atoms with E-state index < -0.39 is 0 Å². The molecule has 7 nitrogen and oxygen atoms in total. The first-order valence-electron chi connectivity index (χ1n) is 6.83. The van der Waals surface area contributed by atoms with E-state index in [1.165, 1.54) is 6.26 Å². The van der Waals surface area contributed by atoms with Crippen LogP contribution in [-0.4, -0.2) is 54.1 Å². The van der Waals surface area contributed by atoms with E-state index in [0.29, 0.717) is 48.2 Å². The van der Waals surface area contributed by atoms with Crippen molar-refractivity contribution >= 4 is 27.8 Å². The summed E-state index contributed by atoms with van der Waals surface area (Å²) in [6, 6.07) is 3.39. The number of nitrogens with zero attached hydrogens (tertiary/aromatic N) is 4. The molecular formula is C14H15BrN4O3. The minimum atomic E-state index is -0.0843. The van der Waals surface area contributed by atoms with Crippen LogP contribution in [0.15, 0.2) is 33.5 Å². The van der Waals surface area contributed by atoms with Crippen LogP contribution in [0.5, 0.6) is 5.88 Å². The average Bonchev–Trinajstić information content (AvgIpc) is 3.09. The van der Waals surface area contributed by atoms with Crippen molar-refractivity contribution in [3.05, 3.63) is 34.8 Å². The Balaban J connectivity index is 1.65. The Bertz CT molecular complexity index is 654. The van der Waals surface area contributed by atoms with Gasteiger partial charge in [0, 0.05) is 26.2 Å². The van der Waals surface area contributed by atoms with Crippen LogP contribution in [0.25, 0.3) is 0 Å². The van der Waals surface area contributed by atoms with Gasteiger partial charge in [-0.1, -0.05) is 0 Å². The van der Waals surface area contributed by atoms with E-state index in [0.717, 1.165) is 0 Å². The fourth-order valence-corrected chi connectivity index (χ4v) is 2.66. The number of ether oxygens (including phenoxy) is 1. The molecule has 0 N–H and O–H groups in total. The first-order valence-corrected chi connectivity index (χ1v) is 7.62. The van der Waals surface area contributed by atoms with E-state index in [1.54, 1.807) is 30.3 Å². The van der Waals surface area contributed by atoms with Gasteiger partial charge in [-0.25, -0.2) is 4.98 Å². The third-order valence-corrected chi connectivity index (χ3v) is 4.02. The number of furan rings is 1. The summed E-state index contributed by atoms with van der Waals surface area (Å²) < 4.78 is 11.0. The van der Waals surface area contributed by atoms with E-state index in [1.807, 2.05) is 4.90 Å². The number of hydrogen-bond acceptors (Lipinski definition) is 6. The summed E-state index contributed by atoms with van der Waals surface area (Å²) >= 11 is 3.33. The van der Waals surface area contributed by atoms with Crippen LogP contribution in [0.4, 0.5) is 5.95 Å². The fourth-order valence-electron chi connectivity index (χ4n) is 2.30. The molecule has 0 radical (unpaired) electrons. The summed E-state index contributed by atoms with van der Waals surface area (Å²) in [5.41, 5.74) is 0. The molecular weight excluding hydrogens is 352 g/mol. The molecule has 0 atom stereocenters. The molecule has 3 heterocycles. The topological polar surface area (TPSA) is 71.7 Å². The van der Waals surface area contributed by atoms with Gasteiger partial charge in [0.2, 0.25) is 11.8 Å². The molecule has 1 fully saturated rings. The number of amides is 1. The summed E-state index contributed by atoms with van der Waals surface area (Å²) in [6.45, 7) is 2.52. The van der Waals surface area contributed by atoms with E-state index >= 15 is 0 Å². The monoisotopic (exact) mass is 366 g/mol. The Morgan fingerprint density at radius 2 is 2.14 bits per heavy atom. The zero-order valence-corrected chi connectivity index (χ0v) is 13.6. The quantitative estimate of drug-likeness (QED) is 0.824. The molecule has 3 rings (SSSR count). The predicted molar refractivity (Wildman–Crippen MR) is 83.1 cm³/mol. The Labute approximate surface area is 136 Å². The standard InChI is InChI=1S/C14H15BrN4O3/c1-21-12-10(15)9-16-14(17-12)19-6-4-18(5-7-19)13(20)11-3-2-8-22-11/h2-3,8-9H,4-7H2,1H3. The van der Waals surface area contributed by atoms with Crippen LogP contribution in [0.1, 0.15) is 10.6 Å². The number of piperazine rings is 1. The minimum Gasteiger partial charge on any atom is -0.480 e. The van der Waals surface area contributed by atoms with Gasteiger partial charge in [0.1, 0.15) is 0 Å². The smallest absolute Gasteiger partial charge is 0.289 e. The molecule has 0 spiro atoms. The highest BCUT2D eigenvalue weighted by molar-refractivity contribution is 9.10. The van der Waals surface area contributed by atoms with E-state index in [2.05, 4.69) is 25.9 Å². The van der Waals surface area contributed by atoms with E-state index in [4.69, 9.17) is 9.15 Å². The van der Waals surface area contributed by atoms with Crippen molar-refractivity contribution in [1.29, 1.82) is 0 Å². The third kappa shape index (κ3) is 2.92. The van der Waals surface area contributed by atoms with Crippen molar-refractivity contribution in [3.63, 3.8) is 0 Å². The normalized spacial score (nSPS) is 15.0. The molecule has 0 saturated carbocycles. The average molecular weight is 367 g/mol. The molecule has 1 aliphatic rings. The molecule has 116 valence electrons. The number of rotatable bonds is 3. The van der Waals surface area contributed by atoms with E-state index in [9.17, 15) is 4.79 Å². The van der Waals surface area contributed by atoms with Crippen molar-refractivity contribution in [1.82, 2.24) is 14.9 Å². The summed E-state index contributed by atoms with van der Waals surface area (Å²) in [7, 11) is 1.57. The lowest BCUT2D eigenvalue weighted by Crippen LogP contribution is -2.49.